The van der Waals surface area contributed by atoms with Gasteiger partial charge >= 0.3 is 0 Å². The average Bonchev–Trinajstić information content (AvgIpc) is 3.33. The van der Waals surface area contributed by atoms with Crippen molar-refractivity contribution in [3.63, 3.8) is 0 Å². The summed E-state index contributed by atoms with van der Waals surface area (Å²) in [7, 11) is 1.54. The number of fused-ring (bicyclic) bond motifs is 1. The quantitative estimate of drug-likeness (QED) is 0.376. The second-order valence-corrected chi connectivity index (χ2v) is 7.98. The Kier molecular flexibility index (Phi) is 5.83. The molecule has 0 atom stereocenters. The van der Waals surface area contributed by atoms with Gasteiger partial charge in [-0.3, -0.25) is 10.1 Å². The summed E-state index contributed by atoms with van der Waals surface area (Å²) in [6.07, 6.45) is 5.25. The Balaban J connectivity index is 1.41. The van der Waals surface area contributed by atoms with Crippen molar-refractivity contribution in [3.05, 3.63) is 81.8 Å². The minimum atomic E-state index is -0.330. The van der Waals surface area contributed by atoms with Gasteiger partial charge in [-0.25, -0.2) is 9.37 Å². The van der Waals surface area contributed by atoms with Crippen LogP contribution in [0.2, 0.25) is 5.02 Å². The van der Waals surface area contributed by atoms with Gasteiger partial charge < -0.3 is 9.15 Å². The van der Waals surface area contributed by atoms with Gasteiger partial charge in [0.05, 0.1) is 7.11 Å². The fraction of sp³-hybridized carbons (Fsp3) is 0.0909. The summed E-state index contributed by atoms with van der Waals surface area (Å²) in [5, 5.41) is 4.53. The van der Waals surface area contributed by atoms with Crippen molar-refractivity contribution in [1.82, 2.24) is 4.98 Å². The van der Waals surface area contributed by atoms with Crippen molar-refractivity contribution in [2.24, 2.45) is 0 Å². The number of benzene rings is 2. The van der Waals surface area contributed by atoms with Crippen molar-refractivity contribution < 1.29 is 18.3 Å². The highest BCUT2D eigenvalue weighted by Gasteiger charge is 2.10. The number of carbonyl (C=O) groups is 1. The van der Waals surface area contributed by atoms with E-state index in [1.807, 2.05) is 0 Å². The van der Waals surface area contributed by atoms with Crippen molar-refractivity contribution in [1.29, 1.82) is 0 Å². The molecule has 4 aromatic rings. The maximum Gasteiger partial charge on any atom is 0.250 e. The molecule has 0 aliphatic rings. The van der Waals surface area contributed by atoms with Gasteiger partial charge in [0.1, 0.15) is 11.6 Å². The highest BCUT2D eigenvalue weighted by molar-refractivity contribution is 7.15. The van der Waals surface area contributed by atoms with Crippen LogP contribution in [-0.4, -0.2) is 18.0 Å². The topological polar surface area (TPSA) is 64.4 Å². The summed E-state index contributed by atoms with van der Waals surface area (Å²) in [6.45, 7) is 0. The lowest BCUT2D eigenvalue weighted by molar-refractivity contribution is -0.111. The smallest absolute Gasteiger partial charge is 0.250 e. The lowest BCUT2D eigenvalue weighted by atomic mass is 10.1. The maximum absolute atomic E-state index is 13.0. The maximum atomic E-state index is 13.0. The zero-order chi connectivity index (χ0) is 21.1. The Morgan fingerprint density at radius 1 is 1.30 bits per heavy atom. The number of anilines is 1. The van der Waals surface area contributed by atoms with Gasteiger partial charge in [0.15, 0.2) is 16.5 Å². The zero-order valence-electron chi connectivity index (χ0n) is 15.8. The number of nitrogens with zero attached hydrogens (tertiary/aromatic N) is 1. The Morgan fingerprint density at radius 3 is 2.87 bits per heavy atom. The summed E-state index contributed by atoms with van der Waals surface area (Å²) in [6, 6.07) is 11.5. The number of carbonyl (C=O) groups excluding carboxylic acids is 1. The van der Waals surface area contributed by atoms with Gasteiger partial charge in [-0.05, 0) is 35.9 Å². The molecule has 1 N–H and O–H groups in total. The first-order chi connectivity index (χ1) is 14.5. The number of aromatic nitrogens is 1. The molecule has 8 heteroatoms. The Bertz CT molecular complexity index is 1230. The van der Waals surface area contributed by atoms with E-state index in [0.29, 0.717) is 33.7 Å². The van der Waals surface area contributed by atoms with E-state index in [-0.39, 0.29) is 11.7 Å². The molecule has 2 aromatic heterocycles. The summed E-state index contributed by atoms with van der Waals surface area (Å²) in [4.78, 5) is 17.4. The van der Waals surface area contributed by atoms with Crippen LogP contribution in [0.15, 0.2) is 59.2 Å². The first kappa shape index (κ1) is 20.1. The van der Waals surface area contributed by atoms with E-state index < -0.39 is 0 Å². The Labute approximate surface area is 180 Å². The first-order valence-corrected chi connectivity index (χ1v) is 10.1. The summed E-state index contributed by atoms with van der Waals surface area (Å²) >= 11 is 7.43. The molecule has 0 fully saturated rings. The molecule has 0 radical (unpaired) electrons. The average molecular weight is 443 g/mol. The second-order valence-electron chi connectivity index (χ2n) is 6.43. The van der Waals surface area contributed by atoms with E-state index in [2.05, 4.69) is 10.3 Å². The summed E-state index contributed by atoms with van der Waals surface area (Å²) < 4.78 is 24.0. The molecule has 0 bridgehead atoms. The zero-order valence-corrected chi connectivity index (χ0v) is 17.4. The lowest BCUT2D eigenvalue weighted by Crippen LogP contribution is -2.06. The molecule has 5 nitrogen and oxygen atoms in total. The number of hydrogen-bond acceptors (Lipinski definition) is 5. The fourth-order valence-electron chi connectivity index (χ4n) is 2.89. The van der Waals surface area contributed by atoms with E-state index in [1.54, 1.807) is 42.6 Å². The molecule has 30 heavy (non-hydrogen) atoms. The molecule has 0 spiro atoms. The molecular weight excluding hydrogens is 427 g/mol. The summed E-state index contributed by atoms with van der Waals surface area (Å²) in [5.41, 5.74) is 1.53. The van der Waals surface area contributed by atoms with Crippen molar-refractivity contribution in [3.8, 4) is 5.75 Å². The second kappa shape index (κ2) is 8.69. The molecule has 4 rings (SSSR count). The highest BCUT2D eigenvalue weighted by Crippen LogP contribution is 2.32. The molecule has 0 unspecified atom stereocenters. The number of rotatable bonds is 6. The number of hydrogen-bond donors (Lipinski definition) is 1. The van der Waals surface area contributed by atoms with Crippen molar-refractivity contribution >= 4 is 51.0 Å². The molecule has 2 aromatic carbocycles. The van der Waals surface area contributed by atoms with E-state index in [1.165, 1.54) is 36.7 Å². The van der Waals surface area contributed by atoms with Gasteiger partial charge in [-0.1, -0.05) is 23.7 Å². The number of ether oxygens (including phenoxy) is 1. The van der Waals surface area contributed by atoms with Crippen LogP contribution < -0.4 is 10.1 Å². The predicted molar refractivity (Wildman–Crippen MR) is 117 cm³/mol. The number of thiazole rings is 1. The number of amides is 1. The van der Waals surface area contributed by atoms with E-state index in [0.717, 1.165) is 15.8 Å². The minimum absolute atomic E-state index is 0.270. The Hall–Kier alpha value is -3.16. The molecule has 0 aliphatic carbocycles. The molecule has 0 aliphatic heterocycles. The summed E-state index contributed by atoms with van der Waals surface area (Å²) in [5.74, 6) is 0.423. The van der Waals surface area contributed by atoms with Crippen LogP contribution in [0.25, 0.3) is 17.0 Å². The Morgan fingerprint density at radius 2 is 2.10 bits per heavy atom. The third-order valence-corrected chi connectivity index (χ3v) is 5.39. The van der Waals surface area contributed by atoms with Gasteiger partial charge in [0.2, 0.25) is 5.91 Å². The standard InChI is InChI=1S/C22H16ClFN2O3S/c1-28-19-11-15(23)9-14-10-17(29-21(14)19)6-7-20(27)26-22-25-12-18(30-22)8-13-2-4-16(24)5-3-13/h2-7,9-12H,8H2,1H3,(H,25,26,27). The van der Waals surface area contributed by atoms with E-state index >= 15 is 0 Å². The van der Waals surface area contributed by atoms with Gasteiger partial charge in [0.25, 0.3) is 0 Å². The highest BCUT2D eigenvalue weighted by atomic mass is 35.5. The number of methoxy groups -OCH3 is 1. The largest absolute Gasteiger partial charge is 0.493 e. The lowest BCUT2D eigenvalue weighted by Gasteiger charge is -2.00. The SMILES string of the molecule is COc1cc(Cl)cc2cc(C=CC(=O)Nc3ncc(Cc4ccc(F)cc4)s3)oc12. The number of furan rings is 1. The van der Waals surface area contributed by atoms with Gasteiger partial charge in [-0.2, -0.15) is 0 Å². The van der Waals surface area contributed by atoms with Crippen molar-refractivity contribution in [2.75, 3.05) is 12.4 Å². The fourth-order valence-corrected chi connectivity index (χ4v) is 3.96. The normalized spacial score (nSPS) is 11.3. The monoisotopic (exact) mass is 442 g/mol. The molecule has 1 amide bonds. The van der Waals surface area contributed by atoms with E-state index in [9.17, 15) is 9.18 Å². The van der Waals surface area contributed by atoms with Gasteiger partial charge in [0, 0.05) is 40.0 Å². The molecule has 2 heterocycles. The molecule has 0 saturated heterocycles. The van der Waals surface area contributed by atoms with Crippen LogP contribution in [-0.2, 0) is 11.2 Å². The number of halogens is 2. The molecule has 152 valence electrons. The third-order valence-electron chi connectivity index (χ3n) is 4.26. The van der Waals surface area contributed by atoms with Crippen LogP contribution >= 0.6 is 22.9 Å². The van der Waals surface area contributed by atoms with E-state index in [4.69, 9.17) is 20.8 Å². The van der Waals surface area contributed by atoms with Crippen LogP contribution in [0.4, 0.5) is 9.52 Å². The first-order valence-electron chi connectivity index (χ1n) is 8.95. The van der Waals surface area contributed by atoms with Crippen LogP contribution in [0.3, 0.4) is 0 Å². The van der Waals surface area contributed by atoms with Crippen LogP contribution in [0, 0.1) is 5.82 Å². The third kappa shape index (κ3) is 4.69. The van der Waals surface area contributed by atoms with Crippen LogP contribution in [0.1, 0.15) is 16.2 Å². The predicted octanol–water partition coefficient (Wildman–Crippen LogP) is 5.93. The van der Waals surface area contributed by atoms with Crippen molar-refractivity contribution in [2.45, 2.75) is 6.42 Å². The number of nitrogens with one attached hydrogen (secondary N) is 1. The minimum Gasteiger partial charge on any atom is -0.493 e. The van der Waals surface area contributed by atoms with Crippen LogP contribution in [0.5, 0.6) is 5.75 Å². The van der Waals surface area contributed by atoms with Gasteiger partial charge in [-0.15, -0.1) is 11.3 Å². The molecule has 0 saturated carbocycles. The molecular formula is C22H16ClFN2O3S.